The van der Waals surface area contributed by atoms with Crippen LogP contribution in [0.1, 0.15) is 68.3 Å². The first-order valence-electron chi connectivity index (χ1n) is 24.0. The molecule has 0 saturated carbocycles. The summed E-state index contributed by atoms with van der Waals surface area (Å²) in [6.07, 6.45) is -58.7. The molecule has 12 nitrogen and oxygen atoms in total. The Kier molecular flexibility index (Phi) is 40.1. The van der Waals surface area contributed by atoms with Crippen molar-refractivity contribution in [2.24, 2.45) is 0 Å². The second-order valence-corrected chi connectivity index (χ2v) is 17.4. The predicted octanol–water partition coefficient (Wildman–Crippen LogP) is 18.1. The van der Waals surface area contributed by atoms with E-state index >= 15 is 0 Å². The van der Waals surface area contributed by atoms with E-state index in [1.165, 1.54) is 21.5 Å². The molecule has 0 bridgehead atoms. The normalized spacial score (nSPS) is 12.0. The van der Waals surface area contributed by atoms with Crippen molar-refractivity contribution in [1.29, 1.82) is 0 Å². The summed E-state index contributed by atoms with van der Waals surface area (Å²) >= 11 is 0. The maximum absolute atomic E-state index is 11.7. The topological polar surface area (TPSA) is 162 Å². The third kappa shape index (κ3) is 35.1. The Hall–Kier alpha value is -6.74. The number of hydrogen-bond donors (Lipinski definition) is 0. The first-order chi connectivity index (χ1) is 44.2. The zero-order valence-corrected chi connectivity index (χ0v) is 53.1. The van der Waals surface area contributed by atoms with Gasteiger partial charge < -0.3 is 61.2 Å². The molecular formula is C50H22Cu6F36N12. The van der Waals surface area contributed by atoms with E-state index in [1.807, 2.05) is 0 Å². The van der Waals surface area contributed by atoms with E-state index in [9.17, 15) is 158 Å². The fourth-order valence-corrected chi connectivity index (χ4v) is 5.70. The van der Waals surface area contributed by atoms with E-state index < -0.39 is 142 Å². The van der Waals surface area contributed by atoms with Gasteiger partial charge in [-0.2, -0.15) is 158 Å². The van der Waals surface area contributed by atoms with Gasteiger partial charge in [0.2, 0.25) is 0 Å². The van der Waals surface area contributed by atoms with E-state index in [4.69, 9.17) is 0 Å². The number of aromatic nitrogens is 12. The molecular weight excluding hydrogens is 1830 g/mol. The van der Waals surface area contributed by atoms with Crippen molar-refractivity contribution >= 4 is 21.5 Å². The number of rotatable bonds is 0. The zero-order valence-electron chi connectivity index (χ0n) is 47.5. The van der Waals surface area contributed by atoms with Gasteiger partial charge in [-0.15, -0.1) is 0 Å². The van der Waals surface area contributed by atoms with Crippen molar-refractivity contribution in [1.82, 2.24) is 61.2 Å². The summed E-state index contributed by atoms with van der Waals surface area (Å²) in [5.41, 5.74) is -19.7. The average molecular weight is 1860 g/mol. The quantitative estimate of drug-likeness (QED) is 0.104. The summed E-state index contributed by atoms with van der Waals surface area (Å²) in [5, 5.41) is 33.5. The maximum atomic E-state index is 11.7. The third-order valence-corrected chi connectivity index (χ3v) is 10.0. The smallest absolute Gasteiger partial charge is 0.571 e. The van der Waals surface area contributed by atoms with Crippen LogP contribution in [0.3, 0.4) is 0 Å². The van der Waals surface area contributed by atoms with Crippen LogP contribution in [0.15, 0.2) is 133 Å². The Morgan fingerprint density at radius 1 is 0.163 bits per heavy atom. The molecule has 0 aliphatic rings. The molecule has 6 heterocycles. The molecule has 6 aromatic heterocycles. The van der Waals surface area contributed by atoms with Gasteiger partial charge in [-0.1, -0.05) is 97.1 Å². The van der Waals surface area contributed by atoms with E-state index in [0.717, 1.165) is 0 Å². The van der Waals surface area contributed by atoms with Crippen molar-refractivity contribution in [2.45, 2.75) is 74.1 Å². The largest absolute Gasteiger partial charge is 1.00 e. The molecule has 4 aromatic carbocycles. The fourth-order valence-electron chi connectivity index (χ4n) is 5.70. The Morgan fingerprint density at radius 3 is 0.317 bits per heavy atom. The zero-order chi connectivity index (χ0) is 75.3. The Morgan fingerprint density at radius 2 is 0.260 bits per heavy atom. The average Bonchev–Trinajstić information content (AvgIpc) is 1.66. The molecule has 54 heteroatoms. The molecule has 0 N–H and O–H groups in total. The van der Waals surface area contributed by atoms with Crippen molar-refractivity contribution in [3.8, 4) is 0 Å². The van der Waals surface area contributed by atoms with Crippen LogP contribution in [0.2, 0.25) is 0 Å². The molecule has 0 amide bonds. The van der Waals surface area contributed by atoms with Crippen molar-refractivity contribution in [3.63, 3.8) is 0 Å². The number of nitrogens with zero attached hydrogens (tertiary/aromatic N) is 12. The summed E-state index contributed by atoms with van der Waals surface area (Å²) in [6, 6.07) is 32.6. The number of benzene rings is 4. The first-order valence-corrected chi connectivity index (χ1v) is 24.0. The number of hydrogen-bond acceptors (Lipinski definition) is 6. The Labute approximate surface area is 616 Å². The number of alkyl halides is 36. The van der Waals surface area contributed by atoms with Gasteiger partial charge in [0.25, 0.3) is 0 Å². The van der Waals surface area contributed by atoms with E-state index in [-0.39, 0.29) is 139 Å². The van der Waals surface area contributed by atoms with Gasteiger partial charge in [-0.05, 0) is 92.1 Å². The molecule has 0 saturated heterocycles. The number of halogens is 36. The van der Waals surface area contributed by atoms with Gasteiger partial charge in [-0.3, -0.25) is 0 Å². The SMILES string of the molecule is FC(F)(F)c1cc(C(F)(F)F)[n-]n1.FC(F)(F)c1cc(C(F)(F)F)[n-]n1.FC(F)(F)c1cc(C(F)(F)F)[n-]n1.FC(F)(F)c1cc(C(F)(F)F)[n-]n1.FC(F)(F)c1cc(C(F)(F)F)[n-]n1.FC(F)(F)c1cc(C(F)(F)F)[n-]n1.[Cu+].[Cu+].[Cu+].[Cu+].[Cu+].[Cu+].c1ccc2ccccc2c1.c1ccc2ccccc2c1. The Balaban J connectivity index is -0.000000546. The monoisotopic (exact) mass is 1850 g/mol. The molecule has 10 rings (SSSR count). The van der Waals surface area contributed by atoms with Crippen LogP contribution in [0.25, 0.3) is 21.5 Å². The minimum Gasteiger partial charge on any atom is -0.571 e. The molecule has 0 radical (unpaired) electrons. The van der Waals surface area contributed by atoms with E-state index in [0.29, 0.717) is 0 Å². The third-order valence-electron chi connectivity index (χ3n) is 10.0. The summed E-state index contributed by atoms with van der Waals surface area (Å²) in [7, 11) is 0. The maximum Gasteiger partial charge on any atom is 1.00 e. The van der Waals surface area contributed by atoms with Crippen molar-refractivity contribution < 1.29 is 260 Å². The fraction of sp³-hybridized carbons (Fsp3) is 0.240. The Bertz CT molecular complexity index is 3190. The molecule has 0 unspecified atom stereocenters. The summed E-state index contributed by atoms with van der Waals surface area (Å²) in [6.45, 7) is 0. The molecule has 0 spiro atoms. The summed E-state index contributed by atoms with van der Waals surface area (Å²) < 4.78 is 422. The van der Waals surface area contributed by atoms with Crippen LogP contribution >= 0.6 is 0 Å². The minimum absolute atomic E-state index is 0. The minimum atomic E-state index is -4.89. The molecule has 0 aliphatic heterocycles. The second kappa shape index (κ2) is 40.3. The van der Waals surface area contributed by atoms with Gasteiger partial charge in [0.15, 0.2) is 0 Å². The molecule has 600 valence electrons. The van der Waals surface area contributed by atoms with E-state index in [2.05, 4.69) is 158 Å². The van der Waals surface area contributed by atoms with Crippen LogP contribution in [0.5, 0.6) is 0 Å². The van der Waals surface area contributed by atoms with Gasteiger partial charge in [0.1, 0.15) is 34.2 Å². The predicted molar refractivity (Wildman–Crippen MR) is 253 cm³/mol. The molecule has 0 fully saturated rings. The van der Waals surface area contributed by atoms with Gasteiger partial charge in [0, 0.05) is 0 Å². The number of fused-ring (bicyclic) bond motifs is 2. The summed E-state index contributed by atoms with van der Waals surface area (Å²) in [5.74, 6) is 0. The van der Waals surface area contributed by atoms with Crippen molar-refractivity contribution in [2.75, 3.05) is 0 Å². The summed E-state index contributed by atoms with van der Waals surface area (Å²) in [4.78, 5) is 0. The van der Waals surface area contributed by atoms with E-state index in [1.54, 1.807) is 0 Å². The van der Waals surface area contributed by atoms with Crippen LogP contribution < -0.4 is 30.6 Å². The van der Waals surface area contributed by atoms with Gasteiger partial charge in [-0.25, -0.2) is 0 Å². The van der Waals surface area contributed by atoms with Crippen LogP contribution in [0, 0.1) is 0 Å². The van der Waals surface area contributed by atoms with Gasteiger partial charge in [0.05, 0.1) is 0 Å². The molecule has 0 aliphatic carbocycles. The molecule has 0 atom stereocenters. The molecule has 10 aromatic rings. The van der Waals surface area contributed by atoms with Gasteiger partial charge >= 0.3 is 177 Å². The standard InChI is InChI=1S/2C10H8.6C5HF6N2.6Cu/c2*1-2-6-10-8-4-3-7-9(10)5-1;6*6-4(7,8)2-1-3(13-12-2)5(9,10)11;;;;;;/h2*1-8H;6*1H;;;;;;/q;;6*-1;6*+1. The second-order valence-electron chi connectivity index (χ2n) is 17.4. The van der Waals surface area contributed by atoms with Crippen LogP contribution in [-0.2, 0) is 177 Å². The van der Waals surface area contributed by atoms with Crippen LogP contribution in [0.4, 0.5) is 158 Å². The van der Waals surface area contributed by atoms with Crippen molar-refractivity contribution in [3.05, 3.63) is 202 Å². The first kappa shape index (κ1) is 104. The van der Waals surface area contributed by atoms with Crippen LogP contribution in [-0.4, -0.2) is 30.6 Å². The molecule has 104 heavy (non-hydrogen) atoms.